The SMILES string of the molecule is CC(C)c1c(NN)ncnc1NC1CCCCC1CO. The van der Waals surface area contributed by atoms with Gasteiger partial charge in [-0.3, -0.25) is 0 Å². The average Bonchev–Trinajstić information content (AvgIpc) is 2.47. The summed E-state index contributed by atoms with van der Waals surface area (Å²) in [4.78, 5) is 8.55. The minimum atomic E-state index is 0.224. The quantitative estimate of drug-likeness (QED) is 0.485. The van der Waals surface area contributed by atoms with Gasteiger partial charge in [0, 0.05) is 24.1 Å². The number of hydrogen-bond acceptors (Lipinski definition) is 6. The molecule has 1 aliphatic rings. The number of aliphatic hydroxyl groups is 1. The molecule has 0 amide bonds. The molecule has 112 valence electrons. The van der Waals surface area contributed by atoms with E-state index in [-0.39, 0.29) is 18.6 Å². The number of rotatable bonds is 5. The highest BCUT2D eigenvalue weighted by Gasteiger charge is 2.26. The van der Waals surface area contributed by atoms with Crippen molar-refractivity contribution < 1.29 is 5.11 Å². The summed E-state index contributed by atoms with van der Waals surface area (Å²) in [6.45, 7) is 4.41. The highest BCUT2D eigenvalue weighted by molar-refractivity contribution is 5.58. The number of anilines is 2. The molecular weight excluding hydrogens is 254 g/mol. The van der Waals surface area contributed by atoms with Crippen LogP contribution >= 0.6 is 0 Å². The van der Waals surface area contributed by atoms with Crippen molar-refractivity contribution in [2.75, 3.05) is 17.3 Å². The van der Waals surface area contributed by atoms with Gasteiger partial charge in [0.15, 0.2) is 0 Å². The van der Waals surface area contributed by atoms with Gasteiger partial charge < -0.3 is 15.8 Å². The van der Waals surface area contributed by atoms with E-state index in [2.05, 4.69) is 34.6 Å². The molecule has 1 saturated carbocycles. The third-order valence-electron chi connectivity index (χ3n) is 4.06. The fourth-order valence-corrected chi connectivity index (χ4v) is 2.96. The van der Waals surface area contributed by atoms with E-state index < -0.39 is 0 Å². The van der Waals surface area contributed by atoms with Gasteiger partial charge in [-0.1, -0.05) is 26.7 Å². The molecule has 1 fully saturated rings. The summed E-state index contributed by atoms with van der Waals surface area (Å²) in [5.41, 5.74) is 3.64. The lowest BCUT2D eigenvalue weighted by Crippen LogP contribution is -2.35. The van der Waals surface area contributed by atoms with Crippen molar-refractivity contribution in [2.45, 2.75) is 51.5 Å². The van der Waals surface area contributed by atoms with Crippen molar-refractivity contribution in [1.29, 1.82) is 0 Å². The summed E-state index contributed by atoms with van der Waals surface area (Å²) in [5, 5.41) is 13.0. The molecule has 0 saturated heterocycles. The molecule has 5 N–H and O–H groups in total. The molecule has 0 spiro atoms. The average molecular weight is 279 g/mol. The number of nitrogen functional groups attached to an aromatic ring is 1. The van der Waals surface area contributed by atoms with E-state index in [0.717, 1.165) is 24.2 Å². The van der Waals surface area contributed by atoms with Crippen LogP contribution in [0.2, 0.25) is 0 Å². The van der Waals surface area contributed by atoms with Gasteiger partial charge in [-0.15, -0.1) is 0 Å². The van der Waals surface area contributed by atoms with Crippen LogP contribution in [-0.4, -0.2) is 27.7 Å². The summed E-state index contributed by atoms with van der Waals surface area (Å²) < 4.78 is 0. The first kappa shape index (κ1) is 15.0. The number of hydrazine groups is 1. The van der Waals surface area contributed by atoms with Gasteiger partial charge in [0.05, 0.1) is 0 Å². The Morgan fingerprint density at radius 1 is 1.30 bits per heavy atom. The molecule has 0 aromatic carbocycles. The Morgan fingerprint density at radius 2 is 2.00 bits per heavy atom. The molecule has 2 atom stereocenters. The largest absolute Gasteiger partial charge is 0.396 e. The fraction of sp³-hybridized carbons (Fsp3) is 0.714. The summed E-state index contributed by atoms with van der Waals surface area (Å²) in [6, 6.07) is 0.270. The maximum absolute atomic E-state index is 9.51. The van der Waals surface area contributed by atoms with Gasteiger partial charge in [0.1, 0.15) is 18.0 Å². The first-order valence-electron chi connectivity index (χ1n) is 7.36. The molecule has 2 unspecified atom stereocenters. The summed E-state index contributed by atoms with van der Waals surface area (Å²) in [7, 11) is 0. The number of nitrogens with one attached hydrogen (secondary N) is 2. The molecule has 6 nitrogen and oxygen atoms in total. The van der Waals surface area contributed by atoms with Gasteiger partial charge in [0.2, 0.25) is 0 Å². The lowest BCUT2D eigenvalue weighted by Gasteiger charge is -2.32. The van der Waals surface area contributed by atoms with Crippen molar-refractivity contribution in [1.82, 2.24) is 9.97 Å². The van der Waals surface area contributed by atoms with Crippen LogP contribution in [0, 0.1) is 5.92 Å². The molecule has 1 heterocycles. The Kier molecular flexibility index (Phi) is 5.14. The van der Waals surface area contributed by atoms with E-state index in [1.54, 1.807) is 0 Å². The van der Waals surface area contributed by atoms with Gasteiger partial charge in [-0.2, -0.15) is 0 Å². The standard InChI is InChI=1S/C14H25N5O/c1-9(2)12-13(16-8-17-14(12)19-15)18-11-6-4-3-5-10(11)7-20/h8-11,20H,3-7,15H2,1-2H3,(H2,16,17,18,19). The Bertz CT molecular complexity index is 438. The number of aliphatic hydroxyl groups excluding tert-OH is 1. The van der Waals surface area contributed by atoms with Crippen LogP contribution in [0.25, 0.3) is 0 Å². The van der Waals surface area contributed by atoms with Crippen molar-refractivity contribution in [3.05, 3.63) is 11.9 Å². The zero-order valence-corrected chi connectivity index (χ0v) is 12.3. The van der Waals surface area contributed by atoms with Gasteiger partial charge in [0.25, 0.3) is 0 Å². The van der Waals surface area contributed by atoms with Crippen LogP contribution in [0.1, 0.15) is 51.0 Å². The monoisotopic (exact) mass is 279 g/mol. The normalized spacial score (nSPS) is 22.9. The molecule has 1 aliphatic carbocycles. The molecule has 0 bridgehead atoms. The van der Waals surface area contributed by atoms with E-state index in [0.29, 0.717) is 11.7 Å². The van der Waals surface area contributed by atoms with Crippen molar-refractivity contribution >= 4 is 11.6 Å². The second-order valence-corrected chi connectivity index (χ2v) is 5.76. The topological polar surface area (TPSA) is 96.1 Å². The van der Waals surface area contributed by atoms with Crippen LogP contribution in [0.4, 0.5) is 11.6 Å². The van der Waals surface area contributed by atoms with Gasteiger partial charge >= 0.3 is 0 Å². The van der Waals surface area contributed by atoms with Crippen LogP contribution < -0.4 is 16.6 Å². The van der Waals surface area contributed by atoms with Gasteiger partial charge in [-0.25, -0.2) is 15.8 Å². The molecule has 6 heteroatoms. The molecule has 0 aliphatic heterocycles. The third kappa shape index (κ3) is 3.19. The van der Waals surface area contributed by atoms with Crippen LogP contribution in [0.5, 0.6) is 0 Å². The highest BCUT2D eigenvalue weighted by atomic mass is 16.3. The first-order valence-corrected chi connectivity index (χ1v) is 7.36. The van der Waals surface area contributed by atoms with Gasteiger partial charge in [-0.05, 0) is 18.8 Å². The second kappa shape index (κ2) is 6.85. The van der Waals surface area contributed by atoms with Crippen LogP contribution in [0.3, 0.4) is 0 Å². The molecule has 0 radical (unpaired) electrons. The first-order chi connectivity index (χ1) is 9.67. The maximum Gasteiger partial charge on any atom is 0.148 e. The minimum Gasteiger partial charge on any atom is -0.396 e. The molecule has 2 rings (SSSR count). The maximum atomic E-state index is 9.51. The second-order valence-electron chi connectivity index (χ2n) is 5.76. The Balaban J connectivity index is 2.23. The number of nitrogens with zero attached hydrogens (tertiary/aromatic N) is 2. The van der Waals surface area contributed by atoms with E-state index in [1.807, 2.05) is 0 Å². The van der Waals surface area contributed by atoms with Crippen LogP contribution in [-0.2, 0) is 0 Å². The van der Waals surface area contributed by atoms with E-state index in [4.69, 9.17) is 5.84 Å². The summed E-state index contributed by atoms with van der Waals surface area (Å²) >= 11 is 0. The lowest BCUT2D eigenvalue weighted by atomic mass is 9.85. The van der Waals surface area contributed by atoms with Crippen molar-refractivity contribution in [3.8, 4) is 0 Å². The van der Waals surface area contributed by atoms with Crippen molar-refractivity contribution in [3.63, 3.8) is 0 Å². The number of hydrogen-bond donors (Lipinski definition) is 4. The van der Waals surface area contributed by atoms with E-state index in [9.17, 15) is 5.11 Å². The Morgan fingerprint density at radius 3 is 2.65 bits per heavy atom. The Hall–Kier alpha value is -1.40. The zero-order chi connectivity index (χ0) is 14.5. The fourth-order valence-electron chi connectivity index (χ4n) is 2.96. The number of aromatic nitrogens is 2. The zero-order valence-electron chi connectivity index (χ0n) is 12.3. The van der Waals surface area contributed by atoms with Crippen molar-refractivity contribution in [2.24, 2.45) is 11.8 Å². The highest BCUT2D eigenvalue weighted by Crippen LogP contribution is 2.31. The van der Waals surface area contributed by atoms with E-state index in [1.165, 1.54) is 19.2 Å². The summed E-state index contributed by atoms with van der Waals surface area (Å²) in [5.74, 6) is 7.59. The predicted octanol–water partition coefficient (Wildman–Crippen LogP) is 1.85. The molecular formula is C14H25N5O. The molecule has 1 aromatic rings. The lowest BCUT2D eigenvalue weighted by molar-refractivity contribution is 0.178. The minimum absolute atomic E-state index is 0.224. The summed E-state index contributed by atoms with van der Waals surface area (Å²) in [6.07, 6.45) is 6.04. The van der Waals surface area contributed by atoms with Crippen LogP contribution in [0.15, 0.2) is 6.33 Å². The number of nitrogens with two attached hydrogens (primary N) is 1. The van der Waals surface area contributed by atoms with E-state index >= 15 is 0 Å². The third-order valence-corrected chi connectivity index (χ3v) is 4.06. The smallest absolute Gasteiger partial charge is 0.148 e. The Labute approximate surface area is 120 Å². The molecule has 1 aromatic heterocycles. The predicted molar refractivity (Wildman–Crippen MR) is 80.4 cm³/mol. The molecule has 20 heavy (non-hydrogen) atoms.